The Labute approximate surface area is 310 Å². The minimum atomic E-state index is -1.11. The molecule has 3 atom stereocenters. The minimum absolute atomic E-state index is 0.0382. The van der Waals surface area contributed by atoms with Crippen molar-refractivity contribution in [2.75, 3.05) is 19.6 Å². The normalized spacial score (nSPS) is 12.6. The Morgan fingerprint density at radius 1 is 0.528 bits per heavy atom. The molecule has 0 bridgehead atoms. The van der Waals surface area contributed by atoms with Crippen LogP contribution in [0.3, 0.4) is 0 Å². The number of benzene rings is 4. The molecule has 1 amide bonds. The fourth-order valence-electron chi connectivity index (χ4n) is 5.36. The van der Waals surface area contributed by atoms with Gasteiger partial charge in [0.2, 0.25) is 0 Å². The number of nitrogens with two attached hydrogens (primary N) is 2. The molecule has 3 unspecified atom stereocenters. The fraction of sp³-hybridized carbons (Fsp3) is 0.317. The second-order valence-corrected chi connectivity index (χ2v) is 12.6. The molecule has 53 heavy (non-hydrogen) atoms. The Kier molecular flexibility index (Phi) is 17.0. The van der Waals surface area contributed by atoms with Gasteiger partial charge in [-0.3, -0.25) is 19.3 Å². The summed E-state index contributed by atoms with van der Waals surface area (Å²) in [6.45, 7) is 0.280. The summed E-state index contributed by atoms with van der Waals surface area (Å²) in [5.41, 5.74) is 15.9. The maximum atomic E-state index is 13.0. The van der Waals surface area contributed by atoms with Crippen LogP contribution in [-0.2, 0) is 59.8 Å². The molecule has 12 heteroatoms. The number of rotatable bonds is 21. The quantitative estimate of drug-likeness (QED) is 0.0808. The number of nitrogens with zero attached hydrogens (tertiary/aromatic N) is 1. The molecule has 0 aromatic heterocycles. The van der Waals surface area contributed by atoms with Crippen molar-refractivity contribution in [3.63, 3.8) is 0 Å². The Hall–Kier alpha value is -5.56. The second-order valence-electron chi connectivity index (χ2n) is 12.6. The fourth-order valence-corrected chi connectivity index (χ4v) is 5.36. The third kappa shape index (κ3) is 15.7. The van der Waals surface area contributed by atoms with Crippen molar-refractivity contribution in [3.8, 4) is 0 Å². The van der Waals surface area contributed by atoms with Crippen molar-refractivity contribution in [1.29, 1.82) is 0 Å². The van der Waals surface area contributed by atoms with Crippen molar-refractivity contribution in [2.45, 2.75) is 63.8 Å². The standard InChI is InChI=1S/C41H48N4O8/c42-36(39(47)51-28-32-16-7-2-8-17-32)25-45(26-37(43)40(48)52-29-33-18-9-3-10-19-33)24-35(44-41(49)53-30-34-20-11-4-12-21-34)22-13-23-38(46)50-27-31-14-5-1-6-15-31/h1-12,14-21,35-37H,13,22-30,42-43H2,(H,44,49). The summed E-state index contributed by atoms with van der Waals surface area (Å²) in [4.78, 5) is 53.3. The van der Waals surface area contributed by atoms with Crippen LogP contribution in [0.5, 0.6) is 0 Å². The zero-order valence-corrected chi connectivity index (χ0v) is 29.7. The van der Waals surface area contributed by atoms with E-state index in [1.807, 2.05) is 121 Å². The van der Waals surface area contributed by atoms with Crippen molar-refractivity contribution in [1.82, 2.24) is 10.2 Å². The molecule has 0 aliphatic rings. The van der Waals surface area contributed by atoms with Gasteiger partial charge in [-0.2, -0.15) is 0 Å². The maximum absolute atomic E-state index is 13.0. The Morgan fingerprint density at radius 3 is 1.32 bits per heavy atom. The van der Waals surface area contributed by atoms with Crippen molar-refractivity contribution < 1.29 is 38.1 Å². The Balaban J connectivity index is 1.42. The third-order valence-electron chi connectivity index (χ3n) is 8.15. The topological polar surface area (TPSA) is 173 Å². The lowest BCUT2D eigenvalue weighted by Gasteiger charge is -2.31. The molecule has 0 spiro atoms. The van der Waals surface area contributed by atoms with E-state index >= 15 is 0 Å². The molecule has 0 aliphatic heterocycles. The molecule has 0 aliphatic carbocycles. The van der Waals surface area contributed by atoms with Gasteiger partial charge in [-0.05, 0) is 35.1 Å². The number of esters is 3. The zero-order valence-electron chi connectivity index (χ0n) is 29.7. The monoisotopic (exact) mass is 724 g/mol. The van der Waals surface area contributed by atoms with Gasteiger partial charge in [0.15, 0.2) is 0 Å². The lowest BCUT2D eigenvalue weighted by Crippen LogP contribution is -2.53. The molecular formula is C41H48N4O8. The summed E-state index contributed by atoms with van der Waals surface area (Å²) in [5.74, 6) is -1.68. The highest BCUT2D eigenvalue weighted by molar-refractivity contribution is 5.76. The average molecular weight is 725 g/mol. The molecule has 0 fully saturated rings. The number of ether oxygens (including phenoxy) is 4. The lowest BCUT2D eigenvalue weighted by atomic mass is 10.1. The molecule has 12 nitrogen and oxygen atoms in total. The van der Waals surface area contributed by atoms with Crippen molar-refractivity contribution in [2.24, 2.45) is 11.5 Å². The summed E-state index contributed by atoms with van der Waals surface area (Å²) >= 11 is 0. The number of nitrogens with one attached hydrogen (secondary N) is 1. The van der Waals surface area contributed by atoms with Crippen LogP contribution in [-0.4, -0.2) is 66.7 Å². The van der Waals surface area contributed by atoms with Crippen LogP contribution in [0.1, 0.15) is 41.5 Å². The predicted octanol–water partition coefficient (Wildman–Crippen LogP) is 4.64. The average Bonchev–Trinajstić information content (AvgIpc) is 3.18. The molecule has 5 N–H and O–H groups in total. The summed E-state index contributed by atoms with van der Waals surface area (Å²) in [7, 11) is 0. The van der Waals surface area contributed by atoms with E-state index in [9.17, 15) is 19.2 Å². The van der Waals surface area contributed by atoms with Crippen LogP contribution in [0.15, 0.2) is 121 Å². The molecule has 0 saturated carbocycles. The van der Waals surface area contributed by atoms with Crippen molar-refractivity contribution >= 4 is 24.0 Å². The van der Waals surface area contributed by atoms with Crippen LogP contribution >= 0.6 is 0 Å². The SMILES string of the molecule is NC(CN(CC(CCCC(=O)OCc1ccccc1)NC(=O)OCc1ccccc1)CC(N)C(=O)OCc1ccccc1)C(=O)OCc1ccccc1. The molecule has 4 aromatic rings. The summed E-state index contributed by atoms with van der Waals surface area (Å²) in [6, 6.07) is 34.2. The van der Waals surface area contributed by atoms with Crippen molar-refractivity contribution in [3.05, 3.63) is 144 Å². The first-order valence-electron chi connectivity index (χ1n) is 17.6. The van der Waals surface area contributed by atoms with Gasteiger partial charge in [0.1, 0.15) is 38.5 Å². The Morgan fingerprint density at radius 2 is 0.906 bits per heavy atom. The van der Waals surface area contributed by atoms with Crippen LogP contribution < -0.4 is 16.8 Å². The maximum Gasteiger partial charge on any atom is 0.407 e. The van der Waals surface area contributed by atoms with E-state index in [1.165, 1.54) is 0 Å². The van der Waals surface area contributed by atoms with Gasteiger partial charge < -0.3 is 35.7 Å². The first-order chi connectivity index (χ1) is 25.7. The second kappa shape index (κ2) is 22.4. The van der Waals surface area contributed by atoms with Crippen LogP contribution in [0.25, 0.3) is 0 Å². The van der Waals surface area contributed by atoms with E-state index in [0.717, 1.165) is 22.3 Å². The smallest absolute Gasteiger partial charge is 0.407 e. The first kappa shape index (κ1) is 40.2. The van der Waals surface area contributed by atoms with E-state index in [1.54, 1.807) is 4.90 Å². The van der Waals surface area contributed by atoms with E-state index < -0.39 is 36.2 Å². The molecular weight excluding hydrogens is 676 g/mol. The highest BCUT2D eigenvalue weighted by atomic mass is 16.6. The molecule has 4 aromatic carbocycles. The van der Waals surface area contributed by atoms with Crippen LogP contribution in [0.4, 0.5) is 4.79 Å². The summed E-state index contributed by atoms with van der Waals surface area (Å²) in [5, 5.41) is 2.88. The Bertz CT molecular complexity index is 1620. The predicted molar refractivity (Wildman–Crippen MR) is 199 cm³/mol. The molecule has 0 heterocycles. The van der Waals surface area contributed by atoms with Gasteiger partial charge in [-0.15, -0.1) is 0 Å². The molecule has 0 radical (unpaired) electrons. The van der Waals surface area contributed by atoms with Gasteiger partial charge in [-0.25, -0.2) is 4.79 Å². The number of alkyl carbamates (subject to hydrolysis) is 1. The van der Waals surface area contributed by atoms with E-state index in [4.69, 9.17) is 30.4 Å². The lowest BCUT2D eigenvalue weighted by molar-refractivity contribution is -0.148. The highest BCUT2D eigenvalue weighted by Crippen LogP contribution is 2.11. The number of amides is 1. The van der Waals surface area contributed by atoms with Crippen LogP contribution in [0, 0.1) is 0 Å². The van der Waals surface area contributed by atoms with E-state index in [0.29, 0.717) is 12.8 Å². The van der Waals surface area contributed by atoms with Gasteiger partial charge in [0, 0.05) is 32.1 Å². The van der Waals surface area contributed by atoms with E-state index in [2.05, 4.69) is 5.32 Å². The molecule has 4 rings (SSSR count). The largest absolute Gasteiger partial charge is 0.461 e. The zero-order chi connectivity index (χ0) is 37.7. The van der Waals surface area contributed by atoms with Gasteiger partial charge in [0.05, 0.1) is 0 Å². The number of hydrogen-bond acceptors (Lipinski definition) is 11. The minimum Gasteiger partial charge on any atom is -0.461 e. The molecule has 0 saturated heterocycles. The number of carbonyl (C=O) groups excluding carboxylic acids is 4. The number of hydrogen-bond donors (Lipinski definition) is 3. The van der Waals surface area contributed by atoms with Crippen LogP contribution in [0.2, 0.25) is 0 Å². The summed E-state index contributed by atoms with van der Waals surface area (Å²) < 4.78 is 21.8. The van der Waals surface area contributed by atoms with E-state index in [-0.39, 0.29) is 58.5 Å². The number of carbonyl (C=O) groups is 4. The molecule has 280 valence electrons. The van der Waals surface area contributed by atoms with Gasteiger partial charge in [-0.1, -0.05) is 121 Å². The summed E-state index contributed by atoms with van der Waals surface area (Å²) in [6.07, 6.45) is 0.115. The first-order valence-corrected chi connectivity index (χ1v) is 17.6. The van der Waals surface area contributed by atoms with Gasteiger partial charge >= 0.3 is 24.0 Å². The third-order valence-corrected chi connectivity index (χ3v) is 8.15. The highest BCUT2D eigenvalue weighted by Gasteiger charge is 2.27. The van der Waals surface area contributed by atoms with Gasteiger partial charge in [0.25, 0.3) is 0 Å².